The molecule has 0 atom stereocenters. The fraction of sp³-hybridized carbons (Fsp3) is 0.176. The molecule has 1 aromatic heterocycles. The van der Waals surface area contributed by atoms with E-state index < -0.39 is 17.6 Å². The van der Waals surface area contributed by atoms with Gasteiger partial charge in [-0.15, -0.1) is 0 Å². The van der Waals surface area contributed by atoms with Crippen LogP contribution < -0.4 is 5.32 Å². The fourth-order valence-corrected chi connectivity index (χ4v) is 2.72. The molecule has 0 aliphatic carbocycles. The second-order valence-corrected chi connectivity index (χ2v) is 5.71. The quantitative estimate of drug-likeness (QED) is 0.660. The number of aromatic nitrogens is 1. The average Bonchev–Trinajstić information content (AvgIpc) is 2.87. The second-order valence-electron chi connectivity index (χ2n) is 5.36. The van der Waals surface area contributed by atoms with Crippen molar-refractivity contribution in [3.05, 3.63) is 58.9 Å². The van der Waals surface area contributed by atoms with Crippen LogP contribution in [0, 0.1) is 4.84 Å². The molecule has 25 heavy (non-hydrogen) atoms. The number of fused-ring (bicyclic) bond motifs is 1. The molecule has 0 radical (unpaired) electrons. The van der Waals surface area contributed by atoms with Crippen LogP contribution in [0.4, 0.5) is 18.9 Å². The molecule has 0 aliphatic heterocycles. The highest BCUT2D eigenvalue weighted by Crippen LogP contribution is 2.30. The van der Waals surface area contributed by atoms with Gasteiger partial charge in [-0.25, -0.2) is 0 Å². The van der Waals surface area contributed by atoms with E-state index in [1.165, 1.54) is 12.1 Å². The number of oxazole rings is 1. The third kappa shape index (κ3) is 3.90. The van der Waals surface area contributed by atoms with Crippen molar-refractivity contribution in [3.8, 4) is 0 Å². The molecule has 0 spiro atoms. The van der Waals surface area contributed by atoms with Gasteiger partial charge in [-0.1, -0.05) is 18.2 Å². The largest absolute Gasteiger partial charge is 0.429 e. The summed E-state index contributed by atoms with van der Waals surface area (Å²) in [5.41, 5.74) is 0.666. The maximum Gasteiger partial charge on any atom is 0.416 e. The van der Waals surface area contributed by atoms with Crippen molar-refractivity contribution < 1.29 is 22.4 Å². The summed E-state index contributed by atoms with van der Waals surface area (Å²) in [6.07, 6.45) is -4.41. The summed E-state index contributed by atoms with van der Waals surface area (Å²) in [7, 11) is 0. The van der Waals surface area contributed by atoms with Crippen molar-refractivity contribution >= 4 is 34.9 Å². The average molecular weight is 366 g/mol. The molecule has 0 aliphatic rings. The number of nitrogens with zero attached hydrogens (tertiary/aromatic N) is 1. The number of rotatable bonds is 4. The molecule has 1 heterocycles. The van der Waals surface area contributed by atoms with Crippen molar-refractivity contribution in [3.63, 3.8) is 0 Å². The molecule has 0 fully saturated rings. The normalized spacial score (nSPS) is 11.6. The fourth-order valence-electron chi connectivity index (χ4n) is 2.44. The Bertz CT molecular complexity index is 976. The molecule has 0 saturated heterocycles. The third-order valence-corrected chi connectivity index (χ3v) is 3.91. The lowest BCUT2D eigenvalue weighted by Gasteiger charge is -2.10. The van der Waals surface area contributed by atoms with Gasteiger partial charge in [-0.05, 0) is 42.5 Å². The molecule has 1 amide bonds. The highest BCUT2D eigenvalue weighted by molar-refractivity contribution is 7.71. The molecule has 4 nitrogen and oxygen atoms in total. The Balaban J connectivity index is 1.69. The number of amides is 1. The van der Waals surface area contributed by atoms with Crippen LogP contribution in [0.25, 0.3) is 11.1 Å². The molecule has 130 valence electrons. The Morgan fingerprint density at radius 2 is 1.92 bits per heavy atom. The molecule has 2 aromatic carbocycles. The van der Waals surface area contributed by atoms with E-state index in [1.54, 1.807) is 10.6 Å². The van der Waals surface area contributed by atoms with Gasteiger partial charge >= 0.3 is 6.18 Å². The van der Waals surface area contributed by atoms with Crippen LogP contribution in [-0.2, 0) is 17.5 Å². The summed E-state index contributed by atoms with van der Waals surface area (Å²) in [4.78, 5) is 12.3. The Morgan fingerprint density at radius 1 is 1.16 bits per heavy atom. The first kappa shape index (κ1) is 17.2. The van der Waals surface area contributed by atoms with E-state index in [-0.39, 0.29) is 23.5 Å². The number of nitrogens with one attached hydrogen (secondary N) is 1. The van der Waals surface area contributed by atoms with Crippen LogP contribution in [0.5, 0.6) is 0 Å². The van der Waals surface area contributed by atoms with Gasteiger partial charge in [-0.2, -0.15) is 13.2 Å². The van der Waals surface area contributed by atoms with Crippen LogP contribution in [0.1, 0.15) is 12.0 Å². The first-order chi connectivity index (χ1) is 11.8. The number of benzene rings is 2. The Labute approximate surface area is 145 Å². The van der Waals surface area contributed by atoms with E-state index in [1.807, 2.05) is 18.2 Å². The van der Waals surface area contributed by atoms with E-state index in [0.29, 0.717) is 5.58 Å². The molecule has 1 N–H and O–H groups in total. The lowest BCUT2D eigenvalue weighted by molar-refractivity contribution is -0.137. The monoisotopic (exact) mass is 366 g/mol. The summed E-state index contributed by atoms with van der Waals surface area (Å²) in [5, 5.41) is 2.47. The first-order valence-electron chi connectivity index (χ1n) is 7.40. The van der Waals surface area contributed by atoms with Crippen molar-refractivity contribution in [2.24, 2.45) is 0 Å². The van der Waals surface area contributed by atoms with Crippen LogP contribution in [0.3, 0.4) is 0 Å². The van der Waals surface area contributed by atoms with E-state index in [2.05, 4.69) is 5.32 Å². The van der Waals surface area contributed by atoms with Crippen molar-refractivity contribution in [2.45, 2.75) is 19.1 Å². The van der Waals surface area contributed by atoms with Crippen molar-refractivity contribution in [2.75, 3.05) is 5.32 Å². The summed E-state index contributed by atoms with van der Waals surface area (Å²) in [6.45, 7) is 0.265. The number of alkyl halides is 3. The van der Waals surface area contributed by atoms with Crippen LogP contribution in [0.2, 0.25) is 0 Å². The zero-order valence-electron chi connectivity index (χ0n) is 12.8. The van der Waals surface area contributed by atoms with Gasteiger partial charge in [0, 0.05) is 18.7 Å². The smallest absolute Gasteiger partial charge is 0.416 e. The molecule has 3 rings (SSSR count). The lowest BCUT2D eigenvalue weighted by Crippen LogP contribution is -2.15. The predicted octanol–water partition coefficient (Wildman–Crippen LogP) is 5.01. The lowest BCUT2D eigenvalue weighted by atomic mass is 10.2. The molecule has 3 aromatic rings. The summed E-state index contributed by atoms with van der Waals surface area (Å²) >= 11 is 5.13. The minimum absolute atomic E-state index is 0.0497. The predicted molar refractivity (Wildman–Crippen MR) is 89.7 cm³/mol. The van der Waals surface area contributed by atoms with Crippen LogP contribution >= 0.6 is 12.2 Å². The van der Waals surface area contributed by atoms with Gasteiger partial charge in [-0.3, -0.25) is 9.36 Å². The molecular formula is C17H13F3N2O2S. The maximum atomic E-state index is 12.7. The minimum Gasteiger partial charge on any atom is -0.429 e. The van der Waals surface area contributed by atoms with Gasteiger partial charge in [0.25, 0.3) is 4.84 Å². The summed E-state index contributed by atoms with van der Waals surface area (Å²) < 4.78 is 45.2. The van der Waals surface area contributed by atoms with Gasteiger partial charge in [0.1, 0.15) is 0 Å². The first-order valence-corrected chi connectivity index (χ1v) is 7.81. The highest BCUT2D eigenvalue weighted by atomic mass is 32.1. The number of halogens is 3. The molecule has 8 heteroatoms. The molecule has 0 unspecified atom stereocenters. The van der Waals surface area contributed by atoms with Crippen LogP contribution in [0.15, 0.2) is 52.9 Å². The Kier molecular flexibility index (Phi) is 4.63. The number of hydrogen-bond donors (Lipinski definition) is 1. The van der Waals surface area contributed by atoms with Gasteiger partial charge in [0.15, 0.2) is 5.58 Å². The van der Waals surface area contributed by atoms with Crippen molar-refractivity contribution in [1.82, 2.24) is 4.57 Å². The second kappa shape index (κ2) is 6.72. The van der Waals surface area contributed by atoms with Gasteiger partial charge in [0.05, 0.1) is 11.1 Å². The standard InChI is InChI=1S/C17H13F3N2O2S/c18-17(19,20)11-4-3-5-12(10-11)21-15(23)8-9-22-13-6-1-2-7-14(13)24-16(22)25/h1-7,10H,8-9H2,(H,21,23). The number of aryl methyl sites for hydroxylation is 1. The minimum atomic E-state index is -4.45. The number of hydrogen-bond acceptors (Lipinski definition) is 3. The molecular weight excluding hydrogens is 353 g/mol. The SMILES string of the molecule is O=C(CCn1c(=S)oc2ccccc21)Nc1cccc(C(F)(F)F)c1. The Hall–Kier alpha value is -2.61. The van der Waals surface area contributed by atoms with E-state index in [9.17, 15) is 18.0 Å². The summed E-state index contributed by atoms with van der Waals surface area (Å²) in [5.74, 6) is -0.411. The van der Waals surface area contributed by atoms with E-state index >= 15 is 0 Å². The number of para-hydroxylation sites is 2. The number of carbonyl (C=O) groups is 1. The highest BCUT2D eigenvalue weighted by Gasteiger charge is 2.30. The zero-order valence-corrected chi connectivity index (χ0v) is 13.7. The third-order valence-electron chi connectivity index (χ3n) is 3.61. The zero-order chi connectivity index (χ0) is 18.0. The van der Waals surface area contributed by atoms with E-state index in [4.69, 9.17) is 16.6 Å². The number of anilines is 1. The van der Waals surface area contributed by atoms with Gasteiger partial charge in [0.2, 0.25) is 5.91 Å². The topological polar surface area (TPSA) is 47.2 Å². The van der Waals surface area contributed by atoms with Gasteiger partial charge < -0.3 is 9.73 Å². The van der Waals surface area contributed by atoms with E-state index in [0.717, 1.165) is 17.6 Å². The Morgan fingerprint density at radius 3 is 2.68 bits per heavy atom. The molecule has 0 bridgehead atoms. The summed E-state index contributed by atoms with van der Waals surface area (Å²) in [6, 6.07) is 11.7. The molecule has 0 saturated carbocycles. The van der Waals surface area contributed by atoms with Crippen molar-refractivity contribution in [1.29, 1.82) is 0 Å². The maximum absolute atomic E-state index is 12.7. The van der Waals surface area contributed by atoms with Crippen LogP contribution in [-0.4, -0.2) is 10.5 Å². The number of carbonyl (C=O) groups excluding carboxylic acids is 1.